The monoisotopic (exact) mass is 451 g/mol. The SMILES string of the molecule is COc1ccc2cc(CN(CC3CCCO3)C(=S)NC(C)c3ccccc3)c(=O)[nH]c2c1. The van der Waals surface area contributed by atoms with Crippen LogP contribution in [0.1, 0.15) is 36.9 Å². The van der Waals surface area contributed by atoms with Crippen LogP contribution in [0.4, 0.5) is 0 Å². The van der Waals surface area contributed by atoms with Crippen molar-refractivity contribution in [3.63, 3.8) is 0 Å². The number of aromatic nitrogens is 1. The number of aromatic amines is 1. The average Bonchev–Trinajstić information content (AvgIpc) is 3.32. The van der Waals surface area contributed by atoms with Gasteiger partial charge in [-0.3, -0.25) is 4.79 Å². The fraction of sp³-hybridized carbons (Fsp3) is 0.360. The van der Waals surface area contributed by atoms with Crippen LogP contribution in [-0.4, -0.2) is 41.4 Å². The molecule has 6 nitrogen and oxygen atoms in total. The largest absolute Gasteiger partial charge is 0.497 e. The molecule has 168 valence electrons. The molecule has 2 N–H and O–H groups in total. The van der Waals surface area contributed by atoms with Crippen molar-refractivity contribution in [2.45, 2.75) is 38.5 Å². The second-order valence-corrected chi connectivity index (χ2v) is 8.56. The Balaban J connectivity index is 1.56. The molecule has 7 heteroatoms. The van der Waals surface area contributed by atoms with Crippen LogP contribution in [0.15, 0.2) is 59.4 Å². The van der Waals surface area contributed by atoms with Gasteiger partial charge < -0.3 is 24.7 Å². The molecular formula is C25H29N3O3S. The minimum atomic E-state index is -0.123. The number of fused-ring (bicyclic) bond motifs is 1. The predicted octanol–water partition coefficient (Wildman–Crippen LogP) is 4.15. The predicted molar refractivity (Wildman–Crippen MR) is 131 cm³/mol. The van der Waals surface area contributed by atoms with Gasteiger partial charge in [0.05, 0.1) is 31.3 Å². The molecule has 0 spiro atoms. The van der Waals surface area contributed by atoms with Gasteiger partial charge >= 0.3 is 0 Å². The Hall–Kier alpha value is -2.90. The number of benzene rings is 2. The second-order valence-electron chi connectivity index (χ2n) is 8.17. The molecule has 0 bridgehead atoms. The van der Waals surface area contributed by atoms with Gasteiger partial charge in [0.25, 0.3) is 5.56 Å². The highest BCUT2D eigenvalue weighted by Crippen LogP contribution is 2.20. The molecule has 1 aromatic heterocycles. The Morgan fingerprint density at radius 3 is 2.81 bits per heavy atom. The number of H-pyrrole nitrogens is 1. The van der Waals surface area contributed by atoms with Crippen LogP contribution in [0.2, 0.25) is 0 Å². The first kappa shape index (κ1) is 22.3. The van der Waals surface area contributed by atoms with Gasteiger partial charge in [0.15, 0.2) is 5.11 Å². The summed E-state index contributed by atoms with van der Waals surface area (Å²) >= 11 is 5.79. The molecule has 0 amide bonds. The van der Waals surface area contributed by atoms with Crippen molar-refractivity contribution in [3.8, 4) is 5.75 Å². The lowest BCUT2D eigenvalue weighted by Gasteiger charge is -2.30. The standard InChI is InChI=1S/C25H29N3O3S/c1-17(18-7-4-3-5-8-18)26-25(32)28(16-22-9-6-12-31-22)15-20-13-19-10-11-21(30-2)14-23(19)27-24(20)29/h3-5,7-8,10-11,13-14,17,22H,6,9,12,15-16H2,1-2H3,(H,26,32)(H,27,29). The van der Waals surface area contributed by atoms with Gasteiger partial charge in [0.2, 0.25) is 0 Å². The number of hydrogen-bond acceptors (Lipinski definition) is 4. The summed E-state index contributed by atoms with van der Waals surface area (Å²) in [4.78, 5) is 17.9. The summed E-state index contributed by atoms with van der Waals surface area (Å²) < 4.78 is 11.1. The van der Waals surface area contributed by atoms with Crippen molar-refractivity contribution >= 4 is 28.2 Å². The highest BCUT2D eigenvalue weighted by molar-refractivity contribution is 7.80. The Morgan fingerprint density at radius 1 is 1.28 bits per heavy atom. The summed E-state index contributed by atoms with van der Waals surface area (Å²) in [6.45, 7) is 3.91. The van der Waals surface area contributed by atoms with Gasteiger partial charge in [-0.2, -0.15) is 0 Å². The van der Waals surface area contributed by atoms with Gasteiger partial charge in [-0.15, -0.1) is 0 Å². The molecule has 1 saturated heterocycles. The maximum Gasteiger partial charge on any atom is 0.253 e. The van der Waals surface area contributed by atoms with Crippen molar-refractivity contribution in [2.75, 3.05) is 20.3 Å². The van der Waals surface area contributed by atoms with Crippen molar-refractivity contribution < 1.29 is 9.47 Å². The number of pyridine rings is 1. The zero-order chi connectivity index (χ0) is 22.5. The summed E-state index contributed by atoms with van der Waals surface area (Å²) in [5.74, 6) is 0.709. The van der Waals surface area contributed by atoms with Crippen LogP contribution >= 0.6 is 12.2 Å². The maximum absolute atomic E-state index is 12.9. The quantitative estimate of drug-likeness (QED) is 0.526. The lowest BCUT2D eigenvalue weighted by atomic mass is 10.1. The average molecular weight is 452 g/mol. The Kier molecular flexibility index (Phi) is 7.07. The molecule has 1 aliphatic heterocycles. The van der Waals surface area contributed by atoms with Gasteiger partial charge in [0, 0.05) is 24.8 Å². The van der Waals surface area contributed by atoms with E-state index in [0.717, 1.165) is 35.9 Å². The van der Waals surface area contributed by atoms with Gasteiger partial charge in [-0.05, 0) is 61.1 Å². The lowest BCUT2D eigenvalue weighted by Crippen LogP contribution is -2.44. The minimum absolute atomic E-state index is 0.0537. The number of nitrogens with one attached hydrogen (secondary N) is 2. The van der Waals surface area contributed by atoms with E-state index in [-0.39, 0.29) is 17.7 Å². The third kappa shape index (κ3) is 5.29. The smallest absolute Gasteiger partial charge is 0.253 e. The number of hydrogen-bond donors (Lipinski definition) is 2. The molecule has 2 unspecified atom stereocenters. The topological polar surface area (TPSA) is 66.6 Å². The molecule has 0 aliphatic carbocycles. The Morgan fingerprint density at radius 2 is 2.09 bits per heavy atom. The van der Waals surface area contributed by atoms with Gasteiger partial charge in [-0.25, -0.2) is 0 Å². The van der Waals surface area contributed by atoms with Crippen LogP contribution in [0.25, 0.3) is 10.9 Å². The van der Waals surface area contributed by atoms with E-state index in [0.29, 0.717) is 29.5 Å². The number of thiocarbonyl (C=S) groups is 1. The molecule has 0 saturated carbocycles. The zero-order valence-corrected chi connectivity index (χ0v) is 19.3. The van der Waals surface area contributed by atoms with Gasteiger partial charge in [0.1, 0.15) is 5.75 Å². The molecule has 1 fully saturated rings. The molecule has 32 heavy (non-hydrogen) atoms. The first-order valence-corrected chi connectivity index (χ1v) is 11.4. The first-order valence-electron chi connectivity index (χ1n) is 11.0. The number of ether oxygens (including phenoxy) is 2. The summed E-state index contributed by atoms with van der Waals surface area (Å²) in [6.07, 6.45) is 2.17. The summed E-state index contributed by atoms with van der Waals surface area (Å²) in [5, 5.41) is 5.00. The molecule has 0 radical (unpaired) electrons. The third-order valence-electron chi connectivity index (χ3n) is 5.87. The van der Waals surface area contributed by atoms with Crippen molar-refractivity contribution in [1.82, 2.24) is 15.2 Å². The van der Waals surface area contributed by atoms with E-state index in [2.05, 4.69) is 29.4 Å². The normalized spacial score (nSPS) is 16.6. The van der Waals surface area contributed by atoms with E-state index >= 15 is 0 Å². The van der Waals surface area contributed by atoms with E-state index in [4.69, 9.17) is 21.7 Å². The van der Waals surface area contributed by atoms with Crippen LogP contribution in [0.3, 0.4) is 0 Å². The fourth-order valence-electron chi connectivity index (χ4n) is 4.03. The van der Waals surface area contributed by atoms with Crippen LogP contribution in [0, 0.1) is 0 Å². The summed E-state index contributed by atoms with van der Waals surface area (Å²) in [6, 6.07) is 17.8. The molecule has 2 heterocycles. The lowest BCUT2D eigenvalue weighted by molar-refractivity contribution is 0.0895. The van der Waals surface area contributed by atoms with Crippen LogP contribution in [-0.2, 0) is 11.3 Å². The summed E-state index contributed by atoms with van der Waals surface area (Å²) in [7, 11) is 1.61. The second kappa shape index (κ2) is 10.1. The molecule has 2 aromatic carbocycles. The maximum atomic E-state index is 12.9. The highest BCUT2D eigenvalue weighted by atomic mass is 32.1. The van der Waals surface area contributed by atoms with E-state index < -0.39 is 0 Å². The molecular weight excluding hydrogens is 422 g/mol. The van der Waals surface area contributed by atoms with Crippen molar-refractivity contribution in [1.29, 1.82) is 0 Å². The van der Waals surface area contributed by atoms with E-state index in [1.807, 2.05) is 47.4 Å². The Labute approximate surface area is 193 Å². The van der Waals surface area contributed by atoms with Crippen molar-refractivity contribution in [2.24, 2.45) is 0 Å². The first-order chi connectivity index (χ1) is 15.5. The van der Waals surface area contributed by atoms with Crippen LogP contribution < -0.4 is 15.6 Å². The van der Waals surface area contributed by atoms with E-state index in [9.17, 15) is 4.79 Å². The van der Waals surface area contributed by atoms with Crippen LogP contribution in [0.5, 0.6) is 5.75 Å². The number of rotatable bonds is 7. The fourth-order valence-corrected chi connectivity index (χ4v) is 4.35. The Bertz CT molecular complexity index is 1130. The number of nitrogens with zero attached hydrogens (tertiary/aromatic N) is 1. The highest BCUT2D eigenvalue weighted by Gasteiger charge is 2.23. The minimum Gasteiger partial charge on any atom is -0.497 e. The van der Waals surface area contributed by atoms with Gasteiger partial charge in [-0.1, -0.05) is 30.3 Å². The molecule has 2 atom stereocenters. The zero-order valence-electron chi connectivity index (χ0n) is 18.5. The molecule has 4 rings (SSSR count). The molecule has 1 aliphatic rings. The van der Waals surface area contributed by atoms with Crippen molar-refractivity contribution in [3.05, 3.63) is 76.1 Å². The molecule has 3 aromatic rings. The third-order valence-corrected chi connectivity index (χ3v) is 6.24. The van der Waals surface area contributed by atoms with E-state index in [1.54, 1.807) is 7.11 Å². The van der Waals surface area contributed by atoms with E-state index in [1.165, 1.54) is 0 Å². The summed E-state index contributed by atoms with van der Waals surface area (Å²) in [5.41, 5.74) is 2.45. The number of methoxy groups -OCH3 is 1.